The molecule has 3 N–H and O–H groups in total. The van der Waals surface area contributed by atoms with E-state index in [4.69, 9.17) is 0 Å². The molecule has 21 heavy (non-hydrogen) atoms. The van der Waals surface area contributed by atoms with Crippen molar-refractivity contribution < 1.29 is 9.90 Å². The Hall–Kier alpha value is -1.92. The predicted molar refractivity (Wildman–Crippen MR) is 85.4 cm³/mol. The number of rotatable bonds is 5. The molecule has 5 nitrogen and oxygen atoms in total. The van der Waals surface area contributed by atoms with Gasteiger partial charge in [-0.3, -0.25) is 0 Å². The smallest absolute Gasteiger partial charge is 0.319 e. The van der Waals surface area contributed by atoms with E-state index in [1.54, 1.807) is 17.5 Å². The van der Waals surface area contributed by atoms with Gasteiger partial charge in [0, 0.05) is 29.4 Å². The first-order valence-electron chi connectivity index (χ1n) is 6.79. The van der Waals surface area contributed by atoms with E-state index in [-0.39, 0.29) is 18.5 Å². The third-order valence-corrected chi connectivity index (χ3v) is 3.86. The highest BCUT2D eigenvalue weighted by Crippen LogP contribution is 2.24. The predicted octanol–water partition coefficient (Wildman–Crippen LogP) is 2.95. The topological polar surface area (TPSA) is 74.2 Å². The number of benzene rings is 1. The lowest BCUT2D eigenvalue weighted by molar-refractivity contribution is 0.126. The molecule has 0 bridgehead atoms. The van der Waals surface area contributed by atoms with Gasteiger partial charge in [-0.2, -0.15) is 0 Å². The molecule has 1 aromatic carbocycles. The molecule has 1 aromatic heterocycles. The minimum absolute atomic E-state index is 0.110. The number of amides is 2. The Bertz CT molecular complexity index is 584. The highest BCUT2D eigenvalue weighted by molar-refractivity contribution is 7.13. The Balaban J connectivity index is 1.94. The highest BCUT2D eigenvalue weighted by atomic mass is 32.1. The van der Waals surface area contributed by atoms with Crippen molar-refractivity contribution in [3.63, 3.8) is 0 Å². The summed E-state index contributed by atoms with van der Waals surface area (Å²) in [5.74, 6) is 0.110. The first-order chi connectivity index (χ1) is 10.1. The van der Waals surface area contributed by atoms with Crippen molar-refractivity contribution in [1.82, 2.24) is 10.3 Å². The molecule has 0 saturated carbocycles. The number of urea groups is 1. The van der Waals surface area contributed by atoms with Gasteiger partial charge in [0.2, 0.25) is 0 Å². The number of hydrogen-bond acceptors (Lipinski definition) is 4. The molecule has 0 spiro atoms. The number of thiazole rings is 1. The number of hydrogen-bond donors (Lipinski definition) is 3. The molecule has 1 heterocycles. The Labute approximate surface area is 128 Å². The molecular formula is C15H19N3O2S. The summed E-state index contributed by atoms with van der Waals surface area (Å²) in [6, 6.07) is 7.18. The fourth-order valence-electron chi connectivity index (χ4n) is 1.70. The van der Waals surface area contributed by atoms with Crippen LogP contribution >= 0.6 is 11.3 Å². The van der Waals surface area contributed by atoms with Crippen molar-refractivity contribution in [2.45, 2.75) is 20.0 Å². The van der Waals surface area contributed by atoms with E-state index in [2.05, 4.69) is 15.6 Å². The molecule has 0 aliphatic heterocycles. The van der Waals surface area contributed by atoms with Crippen molar-refractivity contribution in [3.05, 3.63) is 35.8 Å². The molecule has 1 atom stereocenters. The van der Waals surface area contributed by atoms with E-state index < -0.39 is 6.10 Å². The third kappa shape index (κ3) is 4.54. The Morgan fingerprint density at radius 1 is 1.43 bits per heavy atom. The van der Waals surface area contributed by atoms with E-state index in [0.29, 0.717) is 5.69 Å². The number of aliphatic hydroxyl groups is 1. The summed E-state index contributed by atoms with van der Waals surface area (Å²) in [7, 11) is 0. The minimum Gasteiger partial charge on any atom is -0.391 e. The Morgan fingerprint density at radius 2 is 2.24 bits per heavy atom. The largest absolute Gasteiger partial charge is 0.391 e. The standard InChI is InChI=1S/C15H19N3O2S/c1-10(2)13(19)9-17-15(20)18-12-5-3-4-11(8-12)14-16-6-7-21-14/h3-8,10,13,19H,9H2,1-2H3,(H2,17,18,20)/t13-/m1/s1. The molecule has 2 aromatic rings. The van der Waals surface area contributed by atoms with E-state index in [1.807, 2.05) is 43.5 Å². The van der Waals surface area contributed by atoms with E-state index in [0.717, 1.165) is 10.6 Å². The van der Waals surface area contributed by atoms with E-state index >= 15 is 0 Å². The molecule has 0 fully saturated rings. The van der Waals surface area contributed by atoms with Gasteiger partial charge in [0.25, 0.3) is 0 Å². The quantitative estimate of drug-likeness (QED) is 0.795. The summed E-state index contributed by atoms with van der Waals surface area (Å²) < 4.78 is 0. The first-order valence-corrected chi connectivity index (χ1v) is 7.67. The summed E-state index contributed by atoms with van der Waals surface area (Å²) in [6.45, 7) is 4.04. The SMILES string of the molecule is CC(C)[C@H](O)CNC(=O)Nc1cccc(-c2nccs2)c1. The maximum atomic E-state index is 11.8. The van der Waals surface area contributed by atoms with Gasteiger partial charge in [-0.1, -0.05) is 26.0 Å². The number of aliphatic hydroxyl groups excluding tert-OH is 1. The number of carbonyl (C=O) groups excluding carboxylic acids is 1. The van der Waals surface area contributed by atoms with Crippen molar-refractivity contribution in [1.29, 1.82) is 0 Å². The number of carbonyl (C=O) groups is 1. The van der Waals surface area contributed by atoms with Crippen LogP contribution in [0.4, 0.5) is 10.5 Å². The van der Waals surface area contributed by atoms with Gasteiger partial charge in [0.05, 0.1) is 6.10 Å². The number of anilines is 1. The van der Waals surface area contributed by atoms with Crippen molar-refractivity contribution >= 4 is 23.1 Å². The molecule has 0 saturated heterocycles. The van der Waals surface area contributed by atoms with Crippen LogP contribution in [-0.2, 0) is 0 Å². The number of aromatic nitrogens is 1. The van der Waals surface area contributed by atoms with Crippen molar-refractivity contribution in [2.75, 3.05) is 11.9 Å². The molecule has 2 amide bonds. The maximum absolute atomic E-state index is 11.8. The van der Waals surface area contributed by atoms with Crippen LogP contribution in [0.1, 0.15) is 13.8 Å². The summed E-state index contributed by atoms with van der Waals surface area (Å²) in [5, 5.41) is 17.9. The average molecular weight is 305 g/mol. The fourth-order valence-corrected chi connectivity index (χ4v) is 2.34. The lowest BCUT2D eigenvalue weighted by Crippen LogP contribution is -2.37. The van der Waals surface area contributed by atoms with Crippen LogP contribution in [0.15, 0.2) is 35.8 Å². The lowest BCUT2D eigenvalue weighted by atomic mass is 10.1. The van der Waals surface area contributed by atoms with Crippen LogP contribution in [-0.4, -0.2) is 28.8 Å². The Morgan fingerprint density at radius 3 is 2.90 bits per heavy atom. The minimum atomic E-state index is -0.544. The summed E-state index contributed by atoms with van der Waals surface area (Å²) >= 11 is 1.55. The second-order valence-corrected chi connectivity index (χ2v) is 5.96. The highest BCUT2D eigenvalue weighted by Gasteiger charge is 2.11. The molecule has 0 unspecified atom stereocenters. The molecule has 0 aliphatic carbocycles. The molecule has 0 radical (unpaired) electrons. The van der Waals surface area contributed by atoms with Crippen LogP contribution in [0.25, 0.3) is 10.6 Å². The summed E-state index contributed by atoms with van der Waals surface area (Å²) in [6.07, 6.45) is 1.21. The monoisotopic (exact) mass is 305 g/mol. The Kier molecular flexibility index (Phi) is 5.30. The molecular weight excluding hydrogens is 286 g/mol. The van der Waals surface area contributed by atoms with E-state index in [1.165, 1.54) is 0 Å². The average Bonchev–Trinajstić information content (AvgIpc) is 2.99. The van der Waals surface area contributed by atoms with Gasteiger partial charge in [0.15, 0.2) is 0 Å². The van der Waals surface area contributed by atoms with Gasteiger partial charge in [0.1, 0.15) is 5.01 Å². The van der Waals surface area contributed by atoms with Crippen molar-refractivity contribution in [3.8, 4) is 10.6 Å². The molecule has 112 valence electrons. The molecule has 6 heteroatoms. The molecule has 0 aliphatic rings. The van der Waals surface area contributed by atoms with Gasteiger partial charge in [-0.05, 0) is 18.1 Å². The zero-order chi connectivity index (χ0) is 15.2. The second-order valence-electron chi connectivity index (χ2n) is 5.06. The van der Waals surface area contributed by atoms with Crippen LogP contribution in [0, 0.1) is 5.92 Å². The number of nitrogens with zero attached hydrogens (tertiary/aromatic N) is 1. The molecule has 2 rings (SSSR count). The second kappa shape index (κ2) is 7.19. The lowest BCUT2D eigenvalue weighted by Gasteiger charge is -2.15. The van der Waals surface area contributed by atoms with Crippen LogP contribution in [0.3, 0.4) is 0 Å². The van der Waals surface area contributed by atoms with E-state index in [9.17, 15) is 9.90 Å². The van der Waals surface area contributed by atoms with Crippen LogP contribution in [0.2, 0.25) is 0 Å². The van der Waals surface area contributed by atoms with Crippen molar-refractivity contribution in [2.24, 2.45) is 5.92 Å². The fraction of sp³-hybridized carbons (Fsp3) is 0.333. The normalized spacial score (nSPS) is 12.2. The zero-order valence-electron chi connectivity index (χ0n) is 12.0. The maximum Gasteiger partial charge on any atom is 0.319 e. The van der Waals surface area contributed by atoms with Crippen LogP contribution < -0.4 is 10.6 Å². The summed E-state index contributed by atoms with van der Waals surface area (Å²) in [5.41, 5.74) is 1.66. The van der Waals surface area contributed by atoms with Gasteiger partial charge < -0.3 is 15.7 Å². The van der Waals surface area contributed by atoms with Crippen LogP contribution in [0.5, 0.6) is 0 Å². The van der Waals surface area contributed by atoms with Gasteiger partial charge in [-0.15, -0.1) is 11.3 Å². The number of nitrogens with one attached hydrogen (secondary N) is 2. The zero-order valence-corrected chi connectivity index (χ0v) is 12.9. The van der Waals surface area contributed by atoms with Gasteiger partial charge >= 0.3 is 6.03 Å². The van der Waals surface area contributed by atoms with Gasteiger partial charge in [-0.25, -0.2) is 9.78 Å². The summed E-state index contributed by atoms with van der Waals surface area (Å²) in [4.78, 5) is 16.0. The first kappa shape index (κ1) is 15.5. The third-order valence-electron chi connectivity index (χ3n) is 3.04.